The van der Waals surface area contributed by atoms with Gasteiger partial charge in [-0.15, -0.1) is 0 Å². The van der Waals surface area contributed by atoms with E-state index in [4.69, 9.17) is 10.6 Å². The Morgan fingerprint density at radius 2 is 2.14 bits per heavy atom. The van der Waals surface area contributed by atoms with Crippen LogP contribution >= 0.6 is 0 Å². The minimum atomic E-state index is -0.374. The van der Waals surface area contributed by atoms with Crippen molar-refractivity contribution >= 4 is 17.2 Å². The smallest absolute Gasteiger partial charge is 0.256 e. The molecule has 0 aliphatic carbocycles. The van der Waals surface area contributed by atoms with Gasteiger partial charge in [-0.1, -0.05) is 6.08 Å². The molecule has 1 atom stereocenters. The molecule has 2 rings (SSSR count). The number of anilines is 1. The van der Waals surface area contributed by atoms with Crippen molar-refractivity contribution in [2.24, 2.45) is 5.84 Å². The number of nitrogens with zero attached hydrogens (tertiary/aromatic N) is 1. The summed E-state index contributed by atoms with van der Waals surface area (Å²) >= 11 is 0. The number of fused-ring (bicyclic) bond motifs is 1. The number of ether oxygens (including phenoxy) is 1. The van der Waals surface area contributed by atoms with E-state index in [1.165, 1.54) is 5.57 Å². The first-order chi connectivity index (χ1) is 10.3. The highest BCUT2D eigenvalue weighted by Crippen LogP contribution is 2.41. The van der Waals surface area contributed by atoms with Gasteiger partial charge >= 0.3 is 0 Å². The second kappa shape index (κ2) is 6.01. The molecule has 1 aliphatic heterocycles. The quantitative estimate of drug-likeness (QED) is 0.509. The predicted octanol–water partition coefficient (Wildman–Crippen LogP) is 2.47. The van der Waals surface area contributed by atoms with Gasteiger partial charge in [-0.2, -0.15) is 0 Å². The monoisotopic (exact) mass is 303 g/mol. The number of rotatable bonds is 4. The van der Waals surface area contributed by atoms with E-state index in [1.807, 2.05) is 32.0 Å². The van der Waals surface area contributed by atoms with E-state index < -0.39 is 0 Å². The summed E-state index contributed by atoms with van der Waals surface area (Å²) in [5, 5.41) is 0. The zero-order chi connectivity index (χ0) is 16.5. The minimum absolute atomic E-state index is 0.208. The number of hydrogen-bond donors (Lipinski definition) is 2. The fraction of sp³-hybridized carbons (Fsp3) is 0.471. The van der Waals surface area contributed by atoms with Crippen LogP contribution in [0.25, 0.3) is 5.57 Å². The number of nitrogens with one attached hydrogen (secondary N) is 1. The fourth-order valence-corrected chi connectivity index (χ4v) is 3.23. The lowest BCUT2D eigenvalue weighted by Crippen LogP contribution is -2.56. The van der Waals surface area contributed by atoms with Crippen LogP contribution in [0.2, 0.25) is 0 Å². The molecule has 1 aromatic carbocycles. The molecule has 1 aliphatic rings. The maximum Gasteiger partial charge on any atom is 0.256 e. The average Bonchev–Trinajstić information content (AvgIpc) is 2.46. The largest absolute Gasteiger partial charge is 0.494 e. The molecule has 5 heteroatoms. The van der Waals surface area contributed by atoms with Crippen LogP contribution in [0.3, 0.4) is 0 Å². The van der Waals surface area contributed by atoms with E-state index in [9.17, 15) is 4.79 Å². The maximum atomic E-state index is 12.0. The number of allylic oxidation sites excluding steroid dienone is 1. The van der Waals surface area contributed by atoms with E-state index in [2.05, 4.69) is 37.2 Å². The molecule has 3 N–H and O–H groups in total. The zero-order valence-electron chi connectivity index (χ0n) is 13.9. The lowest BCUT2D eigenvalue weighted by atomic mass is 9.87. The molecule has 0 radical (unpaired) electrons. The number of nitrogens with two attached hydrogens (primary N) is 1. The van der Waals surface area contributed by atoms with E-state index in [0.717, 1.165) is 17.0 Å². The van der Waals surface area contributed by atoms with Crippen molar-refractivity contribution in [3.05, 3.63) is 29.8 Å². The van der Waals surface area contributed by atoms with E-state index in [1.54, 1.807) is 0 Å². The third-order valence-electron chi connectivity index (χ3n) is 4.06. The van der Waals surface area contributed by atoms with Crippen molar-refractivity contribution in [1.82, 2.24) is 5.43 Å². The van der Waals surface area contributed by atoms with Gasteiger partial charge in [-0.25, -0.2) is 5.84 Å². The molecular weight excluding hydrogens is 278 g/mol. The molecule has 0 bridgehead atoms. The van der Waals surface area contributed by atoms with Crippen LogP contribution in [-0.4, -0.2) is 24.1 Å². The zero-order valence-corrected chi connectivity index (χ0v) is 13.9. The molecule has 0 fully saturated rings. The van der Waals surface area contributed by atoms with Gasteiger partial charge in [0, 0.05) is 11.3 Å². The third kappa shape index (κ3) is 2.81. The van der Waals surface area contributed by atoms with Crippen LogP contribution in [0, 0.1) is 0 Å². The molecule has 1 heterocycles. The van der Waals surface area contributed by atoms with Gasteiger partial charge in [0.2, 0.25) is 0 Å². The van der Waals surface area contributed by atoms with Gasteiger partial charge in [0.15, 0.2) is 0 Å². The Bertz CT molecular complexity index is 608. The minimum Gasteiger partial charge on any atom is -0.494 e. The first-order valence-electron chi connectivity index (χ1n) is 7.58. The second-order valence-electron chi connectivity index (χ2n) is 6.15. The van der Waals surface area contributed by atoms with Crippen molar-refractivity contribution in [3.63, 3.8) is 0 Å². The van der Waals surface area contributed by atoms with Crippen molar-refractivity contribution in [2.45, 2.75) is 46.2 Å². The van der Waals surface area contributed by atoms with Gasteiger partial charge in [-0.05, 0) is 58.4 Å². The molecule has 0 aromatic heterocycles. The summed E-state index contributed by atoms with van der Waals surface area (Å²) in [4.78, 5) is 14.1. The highest BCUT2D eigenvalue weighted by molar-refractivity contribution is 5.89. The molecule has 0 saturated carbocycles. The standard InChI is InChI=1S/C17H25N3O2/c1-6-22-13-7-8-15-14(9-13)11(2)10-17(4,5)20(15)12(3)16(21)19-18/h7-10,12H,6,18H2,1-5H3,(H,19,21). The second-order valence-corrected chi connectivity index (χ2v) is 6.15. The normalized spacial score (nSPS) is 17.4. The third-order valence-corrected chi connectivity index (χ3v) is 4.06. The molecular formula is C17H25N3O2. The van der Waals surface area contributed by atoms with Crippen LogP contribution < -0.4 is 20.9 Å². The maximum absolute atomic E-state index is 12.0. The van der Waals surface area contributed by atoms with Crippen molar-refractivity contribution < 1.29 is 9.53 Å². The molecule has 120 valence electrons. The van der Waals surface area contributed by atoms with Crippen LogP contribution in [-0.2, 0) is 4.79 Å². The topological polar surface area (TPSA) is 67.6 Å². The Hall–Kier alpha value is -2.01. The molecule has 0 spiro atoms. The Morgan fingerprint density at radius 3 is 2.73 bits per heavy atom. The number of amides is 1. The SMILES string of the molecule is CCOc1ccc2c(c1)C(C)=CC(C)(C)N2C(C)C(=O)NN. The van der Waals surface area contributed by atoms with Crippen LogP contribution in [0.15, 0.2) is 24.3 Å². The van der Waals surface area contributed by atoms with E-state index in [-0.39, 0.29) is 17.5 Å². The summed E-state index contributed by atoms with van der Waals surface area (Å²) in [6.07, 6.45) is 2.17. The van der Waals surface area contributed by atoms with Gasteiger partial charge in [0.25, 0.3) is 5.91 Å². The Labute approximate surface area is 132 Å². The van der Waals surface area contributed by atoms with E-state index in [0.29, 0.717) is 6.61 Å². The van der Waals surface area contributed by atoms with Crippen molar-refractivity contribution in [3.8, 4) is 5.75 Å². The predicted molar refractivity (Wildman–Crippen MR) is 89.6 cm³/mol. The van der Waals surface area contributed by atoms with Crippen LogP contribution in [0.1, 0.15) is 40.2 Å². The summed E-state index contributed by atoms with van der Waals surface area (Å²) in [5.41, 5.74) is 5.25. The molecule has 5 nitrogen and oxygen atoms in total. The Balaban J connectivity index is 2.54. The summed E-state index contributed by atoms with van der Waals surface area (Å²) in [5.74, 6) is 5.95. The van der Waals surface area contributed by atoms with Crippen LogP contribution in [0.4, 0.5) is 5.69 Å². The number of carbonyl (C=O) groups is 1. The summed E-state index contributed by atoms with van der Waals surface area (Å²) in [6, 6.07) is 5.61. The number of carbonyl (C=O) groups excluding carboxylic acids is 1. The van der Waals surface area contributed by atoms with Gasteiger partial charge in [0.05, 0.1) is 12.1 Å². The molecule has 1 unspecified atom stereocenters. The van der Waals surface area contributed by atoms with E-state index >= 15 is 0 Å². The highest BCUT2D eigenvalue weighted by atomic mass is 16.5. The van der Waals surface area contributed by atoms with Crippen molar-refractivity contribution in [1.29, 1.82) is 0 Å². The van der Waals surface area contributed by atoms with Gasteiger partial charge in [-0.3, -0.25) is 10.2 Å². The first kappa shape index (κ1) is 16.4. The van der Waals surface area contributed by atoms with Crippen LogP contribution in [0.5, 0.6) is 5.75 Å². The lowest BCUT2D eigenvalue weighted by Gasteiger charge is -2.46. The number of benzene rings is 1. The average molecular weight is 303 g/mol. The Morgan fingerprint density at radius 1 is 1.45 bits per heavy atom. The fourth-order valence-electron chi connectivity index (χ4n) is 3.23. The Kier molecular flexibility index (Phi) is 4.47. The first-order valence-corrected chi connectivity index (χ1v) is 7.58. The molecule has 1 aromatic rings. The lowest BCUT2D eigenvalue weighted by molar-refractivity contribution is -0.122. The highest BCUT2D eigenvalue weighted by Gasteiger charge is 2.37. The van der Waals surface area contributed by atoms with Gasteiger partial charge < -0.3 is 9.64 Å². The summed E-state index contributed by atoms with van der Waals surface area (Å²) in [6.45, 7) is 10.7. The summed E-state index contributed by atoms with van der Waals surface area (Å²) in [7, 11) is 0. The molecule has 1 amide bonds. The molecule has 0 saturated heterocycles. The van der Waals surface area contributed by atoms with Gasteiger partial charge in [0.1, 0.15) is 11.8 Å². The number of hydrogen-bond acceptors (Lipinski definition) is 4. The number of hydrazine groups is 1. The van der Waals surface area contributed by atoms with Crippen molar-refractivity contribution in [2.75, 3.05) is 11.5 Å². The summed E-state index contributed by atoms with van der Waals surface area (Å²) < 4.78 is 5.59. The molecule has 22 heavy (non-hydrogen) atoms.